The average Bonchev–Trinajstić information content (AvgIpc) is 2.28. The van der Waals surface area contributed by atoms with E-state index < -0.39 is 0 Å². The quantitative estimate of drug-likeness (QED) is 0.708. The lowest BCUT2D eigenvalue weighted by molar-refractivity contribution is 0.611. The molecule has 2 heteroatoms. The molecule has 2 rings (SSSR count). The van der Waals surface area contributed by atoms with E-state index in [4.69, 9.17) is 11.6 Å². The standard InChI is InChI=1S/C14H14ClN/c1-10-6-4-5-7-12(10)14-9-8-13(15)11(2)16(14)3/h4-9H,2H2,1,3H3. The number of likely N-dealkylation sites (N-methyl/N-ethyl adjacent to an activating group) is 1. The third-order valence-corrected chi connectivity index (χ3v) is 3.19. The van der Waals surface area contributed by atoms with Gasteiger partial charge in [-0.25, -0.2) is 0 Å². The lowest BCUT2D eigenvalue weighted by atomic mass is 10.0. The van der Waals surface area contributed by atoms with Gasteiger partial charge in [-0.05, 0) is 24.6 Å². The van der Waals surface area contributed by atoms with E-state index in [2.05, 4.69) is 25.6 Å². The third kappa shape index (κ3) is 1.79. The SMILES string of the molecule is C=C1C(Cl)=CC=C(c2ccccc2C)N1C. The van der Waals surface area contributed by atoms with Gasteiger partial charge >= 0.3 is 0 Å². The maximum atomic E-state index is 6.03. The number of aryl methyl sites for hydroxylation is 1. The molecule has 1 aromatic rings. The van der Waals surface area contributed by atoms with Gasteiger partial charge < -0.3 is 4.90 Å². The molecule has 0 radical (unpaired) electrons. The number of benzene rings is 1. The molecule has 0 fully saturated rings. The largest absolute Gasteiger partial charge is 0.343 e. The highest BCUT2D eigenvalue weighted by Crippen LogP contribution is 2.31. The topological polar surface area (TPSA) is 3.24 Å². The van der Waals surface area contributed by atoms with E-state index in [0.717, 1.165) is 11.4 Å². The summed E-state index contributed by atoms with van der Waals surface area (Å²) >= 11 is 6.03. The van der Waals surface area contributed by atoms with Gasteiger partial charge in [0.15, 0.2) is 0 Å². The second-order valence-corrected chi connectivity index (χ2v) is 4.29. The first-order valence-electron chi connectivity index (χ1n) is 5.17. The van der Waals surface area contributed by atoms with Crippen molar-refractivity contribution in [3.63, 3.8) is 0 Å². The Hall–Kier alpha value is -1.47. The first kappa shape index (κ1) is 11.0. The van der Waals surface area contributed by atoms with Crippen LogP contribution in [0, 0.1) is 6.92 Å². The van der Waals surface area contributed by atoms with Crippen LogP contribution in [0.2, 0.25) is 0 Å². The minimum Gasteiger partial charge on any atom is -0.343 e. The fourth-order valence-electron chi connectivity index (χ4n) is 1.80. The van der Waals surface area contributed by atoms with Crippen LogP contribution in [0.5, 0.6) is 0 Å². The van der Waals surface area contributed by atoms with Crippen LogP contribution in [-0.2, 0) is 0 Å². The van der Waals surface area contributed by atoms with Gasteiger partial charge in [-0.15, -0.1) is 0 Å². The van der Waals surface area contributed by atoms with Crippen LogP contribution in [0.1, 0.15) is 11.1 Å². The Bertz CT molecular complexity index is 497. The lowest BCUT2D eigenvalue weighted by Gasteiger charge is -2.28. The smallest absolute Gasteiger partial charge is 0.0637 e. The predicted octanol–water partition coefficient (Wildman–Crippen LogP) is 3.92. The van der Waals surface area contributed by atoms with Gasteiger partial charge in [0.05, 0.1) is 10.7 Å². The van der Waals surface area contributed by atoms with Crippen molar-refractivity contribution in [2.45, 2.75) is 6.92 Å². The first-order valence-corrected chi connectivity index (χ1v) is 5.55. The van der Waals surface area contributed by atoms with E-state index in [1.807, 2.05) is 36.2 Å². The molecule has 0 aliphatic carbocycles. The molecule has 0 N–H and O–H groups in total. The molecule has 1 aliphatic heterocycles. The van der Waals surface area contributed by atoms with Crippen molar-refractivity contribution in [3.8, 4) is 0 Å². The average molecular weight is 232 g/mol. The Labute approximate surface area is 101 Å². The minimum absolute atomic E-state index is 0.694. The van der Waals surface area contributed by atoms with Crippen molar-refractivity contribution < 1.29 is 0 Å². The van der Waals surface area contributed by atoms with Gasteiger partial charge in [0, 0.05) is 18.3 Å². The van der Waals surface area contributed by atoms with E-state index in [0.29, 0.717) is 5.03 Å². The van der Waals surface area contributed by atoms with Gasteiger partial charge in [0.2, 0.25) is 0 Å². The van der Waals surface area contributed by atoms with Crippen LogP contribution in [-0.4, -0.2) is 11.9 Å². The number of nitrogens with zero attached hydrogens (tertiary/aromatic N) is 1. The Kier molecular flexibility index (Phi) is 2.88. The zero-order valence-corrected chi connectivity index (χ0v) is 10.3. The predicted molar refractivity (Wildman–Crippen MR) is 70.0 cm³/mol. The van der Waals surface area contributed by atoms with Crippen molar-refractivity contribution in [1.82, 2.24) is 4.90 Å². The normalized spacial score (nSPS) is 15.9. The maximum Gasteiger partial charge on any atom is 0.0637 e. The molecule has 1 aromatic carbocycles. The maximum absolute atomic E-state index is 6.03. The Morgan fingerprint density at radius 3 is 2.56 bits per heavy atom. The summed E-state index contributed by atoms with van der Waals surface area (Å²) in [6, 6.07) is 8.30. The van der Waals surface area contributed by atoms with Crippen molar-refractivity contribution in [2.24, 2.45) is 0 Å². The van der Waals surface area contributed by atoms with Gasteiger partial charge in [-0.1, -0.05) is 42.4 Å². The summed E-state index contributed by atoms with van der Waals surface area (Å²) in [7, 11) is 1.98. The Morgan fingerprint density at radius 1 is 1.19 bits per heavy atom. The van der Waals surface area contributed by atoms with Crippen LogP contribution in [0.4, 0.5) is 0 Å². The van der Waals surface area contributed by atoms with Gasteiger partial charge in [0.25, 0.3) is 0 Å². The summed E-state index contributed by atoms with van der Waals surface area (Å²) in [5.74, 6) is 0. The van der Waals surface area contributed by atoms with Crippen LogP contribution < -0.4 is 0 Å². The molecule has 0 atom stereocenters. The van der Waals surface area contributed by atoms with Gasteiger partial charge in [-0.2, -0.15) is 0 Å². The van der Waals surface area contributed by atoms with Crippen molar-refractivity contribution in [2.75, 3.05) is 7.05 Å². The Balaban J connectivity index is 2.50. The molecule has 0 spiro atoms. The number of allylic oxidation sites excluding steroid dienone is 3. The van der Waals surface area contributed by atoms with Crippen molar-refractivity contribution >= 4 is 17.3 Å². The molecular formula is C14H14ClN. The van der Waals surface area contributed by atoms with E-state index in [1.54, 1.807) is 0 Å². The van der Waals surface area contributed by atoms with Crippen LogP contribution >= 0.6 is 11.6 Å². The molecule has 1 nitrogen and oxygen atoms in total. The molecule has 0 bridgehead atoms. The molecule has 1 aliphatic rings. The van der Waals surface area contributed by atoms with Gasteiger partial charge in [-0.3, -0.25) is 0 Å². The van der Waals surface area contributed by atoms with E-state index in [1.165, 1.54) is 11.1 Å². The molecule has 0 amide bonds. The molecule has 16 heavy (non-hydrogen) atoms. The second kappa shape index (κ2) is 4.18. The molecule has 0 saturated carbocycles. The highest BCUT2D eigenvalue weighted by molar-refractivity contribution is 6.32. The second-order valence-electron chi connectivity index (χ2n) is 3.89. The number of halogens is 1. The third-order valence-electron chi connectivity index (χ3n) is 2.85. The van der Waals surface area contributed by atoms with E-state index >= 15 is 0 Å². The van der Waals surface area contributed by atoms with Crippen LogP contribution in [0.3, 0.4) is 0 Å². The number of rotatable bonds is 1. The monoisotopic (exact) mass is 231 g/mol. The minimum atomic E-state index is 0.694. The summed E-state index contributed by atoms with van der Waals surface area (Å²) in [5, 5.41) is 0.694. The summed E-state index contributed by atoms with van der Waals surface area (Å²) in [6.07, 6.45) is 3.92. The van der Waals surface area contributed by atoms with Gasteiger partial charge in [0.1, 0.15) is 0 Å². The van der Waals surface area contributed by atoms with Crippen LogP contribution in [0.25, 0.3) is 5.70 Å². The zero-order chi connectivity index (χ0) is 11.7. The Morgan fingerprint density at radius 2 is 1.88 bits per heavy atom. The molecule has 82 valence electrons. The van der Waals surface area contributed by atoms with Crippen molar-refractivity contribution in [3.05, 3.63) is 64.9 Å². The number of hydrogen-bond acceptors (Lipinski definition) is 1. The highest BCUT2D eigenvalue weighted by Gasteiger charge is 2.16. The fraction of sp³-hybridized carbons (Fsp3) is 0.143. The van der Waals surface area contributed by atoms with E-state index in [-0.39, 0.29) is 0 Å². The molecule has 0 saturated heterocycles. The lowest BCUT2D eigenvalue weighted by Crippen LogP contribution is -2.18. The molecule has 0 aromatic heterocycles. The fourth-order valence-corrected chi connectivity index (χ4v) is 1.99. The summed E-state index contributed by atoms with van der Waals surface area (Å²) in [5.41, 5.74) is 4.43. The summed E-state index contributed by atoms with van der Waals surface area (Å²) in [4.78, 5) is 2.02. The van der Waals surface area contributed by atoms with E-state index in [9.17, 15) is 0 Å². The van der Waals surface area contributed by atoms with Crippen LogP contribution in [0.15, 0.2) is 53.7 Å². The number of hydrogen-bond donors (Lipinski definition) is 0. The highest BCUT2D eigenvalue weighted by atomic mass is 35.5. The molecule has 1 heterocycles. The summed E-state index contributed by atoms with van der Waals surface area (Å²) < 4.78 is 0. The molecule has 0 unspecified atom stereocenters. The summed E-state index contributed by atoms with van der Waals surface area (Å²) in [6.45, 7) is 6.07. The molecular weight excluding hydrogens is 218 g/mol. The first-order chi connectivity index (χ1) is 7.61. The van der Waals surface area contributed by atoms with Crippen molar-refractivity contribution in [1.29, 1.82) is 0 Å². The zero-order valence-electron chi connectivity index (χ0n) is 9.50.